The standard InChI is InChI=1S/C57H69F3N6O7S/c1-36(39-19-21-40(22-20-39)51-37(2)62-35-74-51)63-53(70)47-30-44(67)34-66(47)55(72)52(56(3,4)5)64-50(69)18-13-11-9-7-6-8-10-12-17-49(68)61-31-38-32-65(33-38)54(71)42-23-28-46-41(29-42)15-14-16-48(46)73-45-26-24-43(25-27-45)57(58,59)60/h14-16,19-29,35-36,38,44,47,52,67H,6-13,17-18,30-34H2,1-5H3,(H,61,68)(H,63,70)(H,64,69)/t36-,44+,47-,52+/m0/s1. The van der Waals surface area contributed by atoms with Crippen molar-refractivity contribution in [3.8, 4) is 21.9 Å². The van der Waals surface area contributed by atoms with Crippen molar-refractivity contribution in [1.29, 1.82) is 0 Å². The number of thiazole rings is 1. The van der Waals surface area contributed by atoms with Crippen molar-refractivity contribution in [2.75, 3.05) is 26.2 Å². The fourth-order valence-electron chi connectivity index (χ4n) is 9.59. The number of alkyl halides is 3. The largest absolute Gasteiger partial charge is 0.457 e. The van der Waals surface area contributed by atoms with Gasteiger partial charge in [-0.05, 0) is 97.1 Å². The Morgan fingerprint density at radius 1 is 0.811 bits per heavy atom. The van der Waals surface area contributed by atoms with Gasteiger partial charge in [0.15, 0.2) is 0 Å². The molecule has 13 nitrogen and oxygen atoms in total. The van der Waals surface area contributed by atoms with Crippen LogP contribution in [0.2, 0.25) is 0 Å². The summed E-state index contributed by atoms with van der Waals surface area (Å²) in [6, 6.07) is 21.0. The lowest BCUT2D eigenvalue weighted by Gasteiger charge is -2.39. The Kier molecular flexibility index (Phi) is 18.6. The summed E-state index contributed by atoms with van der Waals surface area (Å²) in [5, 5.41) is 21.1. The molecule has 0 aliphatic carbocycles. The lowest BCUT2D eigenvalue weighted by atomic mass is 9.85. The van der Waals surface area contributed by atoms with E-state index in [2.05, 4.69) is 20.9 Å². The van der Waals surface area contributed by atoms with Gasteiger partial charge in [-0.3, -0.25) is 24.0 Å². The van der Waals surface area contributed by atoms with Gasteiger partial charge in [-0.1, -0.05) is 95.7 Å². The fourth-order valence-corrected chi connectivity index (χ4v) is 10.4. The number of amides is 5. The number of nitrogens with zero attached hydrogens (tertiary/aromatic N) is 3. The van der Waals surface area contributed by atoms with E-state index in [0.29, 0.717) is 43.8 Å². The molecule has 0 saturated carbocycles. The van der Waals surface area contributed by atoms with Crippen molar-refractivity contribution >= 4 is 51.6 Å². The molecule has 4 atom stereocenters. The van der Waals surface area contributed by atoms with E-state index < -0.39 is 35.3 Å². The summed E-state index contributed by atoms with van der Waals surface area (Å²) in [7, 11) is 0. The van der Waals surface area contributed by atoms with Gasteiger partial charge in [0.25, 0.3) is 5.91 Å². The van der Waals surface area contributed by atoms with Crippen LogP contribution in [0.25, 0.3) is 21.2 Å². The number of rotatable bonds is 22. The number of likely N-dealkylation sites (tertiary alicyclic amines) is 2. The van der Waals surface area contributed by atoms with E-state index in [1.54, 1.807) is 46.6 Å². The Morgan fingerprint density at radius 2 is 1.46 bits per heavy atom. The van der Waals surface area contributed by atoms with Gasteiger partial charge < -0.3 is 35.6 Å². The molecule has 5 aromatic rings. The predicted molar refractivity (Wildman–Crippen MR) is 280 cm³/mol. The maximum Gasteiger partial charge on any atom is 0.416 e. The molecule has 4 aromatic carbocycles. The first-order valence-electron chi connectivity index (χ1n) is 25.8. The van der Waals surface area contributed by atoms with Crippen molar-refractivity contribution < 1.29 is 47.0 Å². The van der Waals surface area contributed by atoms with Gasteiger partial charge in [-0.2, -0.15) is 13.2 Å². The van der Waals surface area contributed by atoms with E-state index in [4.69, 9.17) is 4.74 Å². The molecule has 4 N–H and O–H groups in total. The van der Waals surface area contributed by atoms with Crippen LogP contribution in [0.4, 0.5) is 13.2 Å². The summed E-state index contributed by atoms with van der Waals surface area (Å²) in [5.41, 5.74) is 3.85. The minimum absolute atomic E-state index is 0.00139. The minimum Gasteiger partial charge on any atom is -0.457 e. The van der Waals surface area contributed by atoms with Crippen LogP contribution < -0.4 is 20.7 Å². The predicted octanol–water partition coefficient (Wildman–Crippen LogP) is 10.5. The number of aliphatic hydroxyl groups excluding tert-OH is 1. The van der Waals surface area contributed by atoms with Gasteiger partial charge in [0, 0.05) is 62.3 Å². The Labute approximate surface area is 435 Å². The Hall–Kier alpha value is -6.33. The SMILES string of the molecule is Cc1ncsc1-c1ccc([C@H](C)NC(=O)[C@@H]2C[C@@H](O)CN2C(=O)[C@@H](NC(=O)CCCCCCCCCCC(=O)NCC2CN(C(=O)c3ccc4c(Oc5ccc(C(F)(F)F)cc5)cccc4c3)C2)C(C)(C)C)cc1. The number of hydrogen-bond donors (Lipinski definition) is 4. The number of unbranched alkanes of at least 4 members (excludes halogenated alkanes) is 7. The number of aryl methyl sites for hydroxylation is 1. The van der Waals surface area contributed by atoms with Gasteiger partial charge in [-0.25, -0.2) is 4.98 Å². The number of hydrogen-bond acceptors (Lipinski definition) is 9. The number of aromatic nitrogens is 1. The van der Waals surface area contributed by atoms with Gasteiger partial charge >= 0.3 is 6.18 Å². The Balaban J connectivity index is 0.732. The van der Waals surface area contributed by atoms with E-state index in [0.717, 1.165) is 89.5 Å². The third-order valence-electron chi connectivity index (χ3n) is 13.9. The van der Waals surface area contributed by atoms with Crippen LogP contribution in [0.1, 0.15) is 132 Å². The number of carbonyl (C=O) groups is 5. The molecule has 74 heavy (non-hydrogen) atoms. The van der Waals surface area contributed by atoms with Crippen LogP contribution in [0, 0.1) is 18.3 Å². The van der Waals surface area contributed by atoms with Crippen LogP contribution in [0.15, 0.2) is 90.4 Å². The zero-order valence-corrected chi connectivity index (χ0v) is 43.8. The fraction of sp³-hybridized carbons (Fsp3) is 0.474. The average Bonchev–Trinajstić information content (AvgIpc) is 3.97. The summed E-state index contributed by atoms with van der Waals surface area (Å²) in [4.78, 5) is 75.4. The molecule has 0 bridgehead atoms. The highest BCUT2D eigenvalue weighted by Crippen LogP contribution is 2.35. The second kappa shape index (κ2) is 24.8. The smallest absolute Gasteiger partial charge is 0.416 e. The zero-order valence-electron chi connectivity index (χ0n) is 42.9. The van der Waals surface area contributed by atoms with Crippen molar-refractivity contribution in [2.24, 2.45) is 11.3 Å². The number of fused-ring (bicyclic) bond motifs is 1. The van der Waals surface area contributed by atoms with Crippen LogP contribution >= 0.6 is 11.3 Å². The summed E-state index contributed by atoms with van der Waals surface area (Å²) >= 11 is 1.57. The van der Waals surface area contributed by atoms with Gasteiger partial charge in [0.2, 0.25) is 23.6 Å². The number of ether oxygens (including phenoxy) is 1. The highest BCUT2D eigenvalue weighted by Gasteiger charge is 2.45. The normalized spacial score (nSPS) is 16.9. The van der Waals surface area contributed by atoms with E-state index in [1.165, 1.54) is 17.0 Å². The highest BCUT2D eigenvalue weighted by molar-refractivity contribution is 7.13. The number of β-amino-alcohol motifs (C(OH)–C–C–N with tert-alkyl or cyclic N) is 1. The van der Waals surface area contributed by atoms with Crippen molar-refractivity contribution in [3.05, 3.63) is 113 Å². The summed E-state index contributed by atoms with van der Waals surface area (Å²) < 4.78 is 44.8. The van der Waals surface area contributed by atoms with E-state index >= 15 is 0 Å². The summed E-state index contributed by atoms with van der Waals surface area (Å²) in [5.74, 6) is -0.169. The van der Waals surface area contributed by atoms with Gasteiger partial charge in [0.1, 0.15) is 23.6 Å². The topological polar surface area (TPSA) is 170 Å². The highest BCUT2D eigenvalue weighted by atomic mass is 32.1. The van der Waals surface area contributed by atoms with Crippen LogP contribution in [-0.4, -0.2) is 93.8 Å². The average molecular weight is 1040 g/mol. The maximum absolute atomic E-state index is 14.1. The first-order chi connectivity index (χ1) is 35.2. The number of carbonyl (C=O) groups excluding carboxylic acids is 5. The third-order valence-corrected chi connectivity index (χ3v) is 14.9. The second-order valence-electron chi connectivity index (χ2n) is 20.9. The van der Waals surface area contributed by atoms with E-state index in [1.807, 2.05) is 70.5 Å². The Bertz CT molecular complexity index is 2740. The maximum atomic E-state index is 14.1. The molecule has 2 aliphatic heterocycles. The molecular weight excluding hydrogens is 970 g/mol. The summed E-state index contributed by atoms with van der Waals surface area (Å²) in [6.07, 6.45) is 2.85. The second-order valence-corrected chi connectivity index (χ2v) is 21.8. The van der Waals surface area contributed by atoms with Crippen molar-refractivity contribution in [2.45, 2.75) is 136 Å². The van der Waals surface area contributed by atoms with Crippen LogP contribution in [0.5, 0.6) is 11.5 Å². The zero-order chi connectivity index (χ0) is 53.2. The molecule has 0 unspecified atom stereocenters. The Morgan fingerprint density at radius 3 is 2.08 bits per heavy atom. The first-order valence-corrected chi connectivity index (χ1v) is 26.7. The molecule has 396 valence electrons. The van der Waals surface area contributed by atoms with Crippen molar-refractivity contribution in [3.63, 3.8) is 0 Å². The molecule has 2 aliphatic rings. The molecule has 2 saturated heterocycles. The molecule has 0 spiro atoms. The molecule has 2 fully saturated rings. The molecular formula is C57H69F3N6O7S. The molecule has 3 heterocycles. The number of nitrogens with one attached hydrogen (secondary N) is 3. The minimum atomic E-state index is -4.44. The van der Waals surface area contributed by atoms with Crippen LogP contribution in [0.3, 0.4) is 0 Å². The number of halogens is 3. The van der Waals surface area contributed by atoms with E-state index in [9.17, 15) is 42.3 Å². The molecule has 5 amide bonds. The molecule has 0 radical (unpaired) electrons. The first kappa shape index (κ1) is 55.4. The summed E-state index contributed by atoms with van der Waals surface area (Å²) in [6.45, 7) is 11.1. The van der Waals surface area contributed by atoms with Gasteiger partial charge in [0.05, 0.1) is 33.8 Å². The van der Waals surface area contributed by atoms with Crippen LogP contribution in [-0.2, 0) is 25.4 Å². The van der Waals surface area contributed by atoms with Gasteiger partial charge in [-0.15, -0.1) is 11.3 Å². The van der Waals surface area contributed by atoms with E-state index in [-0.39, 0.29) is 66.6 Å². The number of aliphatic hydroxyl groups is 1. The monoisotopic (exact) mass is 1040 g/mol. The lowest BCUT2D eigenvalue weighted by Crippen LogP contribution is -2.57. The molecule has 7 rings (SSSR count). The quantitative estimate of drug-likeness (QED) is 0.0497. The number of benzene rings is 4. The molecule has 1 aromatic heterocycles. The lowest BCUT2D eigenvalue weighted by molar-refractivity contribution is -0.144. The third kappa shape index (κ3) is 14.7. The van der Waals surface area contributed by atoms with Crippen molar-refractivity contribution in [1.82, 2.24) is 30.7 Å². The molecule has 17 heteroatoms.